The maximum atomic E-state index is 9.53. The highest BCUT2D eigenvalue weighted by molar-refractivity contribution is 7.10. The van der Waals surface area contributed by atoms with Crippen molar-refractivity contribution in [3.05, 3.63) is 36.4 Å². The Kier molecular flexibility index (Phi) is 4.44. The Morgan fingerprint density at radius 2 is 2.17 bits per heavy atom. The van der Waals surface area contributed by atoms with Crippen molar-refractivity contribution in [2.24, 2.45) is 13.0 Å². The van der Waals surface area contributed by atoms with E-state index in [4.69, 9.17) is 4.98 Å². The summed E-state index contributed by atoms with van der Waals surface area (Å²) in [6.45, 7) is 3.86. The Balaban J connectivity index is 1.62. The summed E-state index contributed by atoms with van der Waals surface area (Å²) < 4.78 is 7.95. The number of nitrogens with zero attached hydrogens (tertiary/aromatic N) is 7. The highest BCUT2D eigenvalue weighted by Gasteiger charge is 2.25. The van der Waals surface area contributed by atoms with Gasteiger partial charge < -0.3 is 15.3 Å². The molecular weight excluding hydrogens is 388 g/mol. The minimum absolute atomic E-state index is 0.206. The van der Waals surface area contributed by atoms with Gasteiger partial charge in [0.15, 0.2) is 5.65 Å². The van der Waals surface area contributed by atoms with E-state index < -0.39 is 0 Å². The lowest BCUT2D eigenvalue weighted by Crippen LogP contribution is -2.22. The summed E-state index contributed by atoms with van der Waals surface area (Å²) >= 11 is 1.42. The standard InChI is InChI=1S/C19H22N8OS/c1-12-5-18(29-24-12)22-17-6-16(26-4-3-13(9-26)11-28)23-19-15(8-21-27(17)19)14-7-20-25(2)10-14/h5-8,10,13,22,28H,3-4,9,11H2,1-2H3/t13-/m1/s1. The van der Waals surface area contributed by atoms with Crippen molar-refractivity contribution >= 4 is 33.8 Å². The minimum atomic E-state index is 0.206. The van der Waals surface area contributed by atoms with Gasteiger partial charge in [0.1, 0.15) is 16.6 Å². The lowest BCUT2D eigenvalue weighted by Gasteiger charge is -2.19. The number of aryl methyl sites for hydroxylation is 2. The summed E-state index contributed by atoms with van der Waals surface area (Å²) in [5, 5.41) is 22.8. The van der Waals surface area contributed by atoms with E-state index in [2.05, 4.69) is 24.8 Å². The second-order valence-corrected chi connectivity index (χ2v) is 8.24. The van der Waals surface area contributed by atoms with Gasteiger partial charge in [-0.3, -0.25) is 4.68 Å². The smallest absolute Gasteiger partial charge is 0.167 e. The highest BCUT2D eigenvalue weighted by atomic mass is 32.1. The first kappa shape index (κ1) is 18.1. The van der Waals surface area contributed by atoms with Crippen molar-refractivity contribution in [2.75, 3.05) is 29.9 Å². The van der Waals surface area contributed by atoms with Gasteiger partial charge >= 0.3 is 0 Å². The Labute approximate surface area is 171 Å². The molecule has 150 valence electrons. The van der Waals surface area contributed by atoms with Crippen molar-refractivity contribution in [1.82, 2.24) is 28.8 Å². The molecule has 0 bridgehead atoms. The van der Waals surface area contributed by atoms with E-state index in [9.17, 15) is 5.11 Å². The molecule has 0 radical (unpaired) electrons. The van der Waals surface area contributed by atoms with Gasteiger partial charge in [-0.2, -0.15) is 19.1 Å². The number of rotatable bonds is 5. The molecule has 4 aromatic rings. The van der Waals surface area contributed by atoms with Gasteiger partial charge in [0.05, 0.1) is 18.1 Å². The molecule has 0 amide bonds. The number of hydrogen-bond donors (Lipinski definition) is 2. The van der Waals surface area contributed by atoms with E-state index in [1.54, 1.807) is 4.68 Å². The minimum Gasteiger partial charge on any atom is -0.396 e. The largest absolute Gasteiger partial charge is 0.396 e. The van der Waals surface area contributed by atoms with Crippen LogP contribution in [0.25, 0.3) is 16.8 Å². The van der Waals surface area contributed by atoms with Crippen LogP contribution in [0.5, 0.6) is 0 Å². The van der Waals surface area contributed by atoms with Gasteiger partial charge in [0.25, 0.3) is 0 Å². The predicted molar refractivity (Wildman–Crippen MR) is 113 cm³/mol. The Hall–Kier alpha value is -2.98. The number of nitrogens with one attached hydrogen (secondary N) is 1. The molecule has 2 N–H and O–H groups in total. The average molecular weight is 411 g/mol. The number of aliphatic hydroxyl groups is 1. The lowest BCUT2D eigenvalue weighted by atomic mass is 10.1. The van der Waals surface area contributed by atoms with Gasteiger partial charge in [-0.15, -0.1) is 0 Å². The Morgan fingerprint density at radius 1 is 1.28 bits per heavy atom. The third kappa shape index (κ3) is 3.34. The van der Waals surface area contributed by atoms with Gasteiger partial charge in [0, 0.05) is 56.1 Å². The third-order valence-corrected chi connectivity index (χ3v) is 6.02. The van der Waals surface area contributed by atoms with E-state index in [1.165, 1.54) is 11.5 Å². The molecule has 0 unspecified atom stereocenters. The first-order chi connectivity index (χ1) is 14.1. The molecule has 4 aromatic heterocycles. The van der Waals surface area contributed by atoms with Crippen LogP contribution < -0.4 is 10.2 Å². The van der Waals surface area contributed by atoms with E-state index in [1.807, 2.05) is 49.2 Å². The van der Waals surface area contributed by atoms with Gasteiger partial charge in [-0.05, 0) is 30.9 Å². The number of hydrogen-bond acceptors (Lipinski definition) is 8. The maximum Gasteiger partial charge on any atom is 0.167 e. The molecule has 1 aliphatic heterocycles. The van der Waals surface area contributed by atoms with Crippen molar-refractivity contribution in [1.29, 1.82) is 0 Å². The average Bonchev–Trinajstić information content (AvgIpc) is 3.48. The fraction of sp³-hybridized carbons (Fsp3) is 0.368. The number of anilines is 3. The van der Waals surface area contributed by atoms with E-state index in [0.717, 1.165) is 58.6 Å². The Bertz CT molecular complexity index is 1160. The topological polar surface area (TPSA) is 96.4 Å². The molecule has 1 saturated heterocycles. The third-order valence-electron chi connectivity index (χ3n) is 5.22. The molecule has 1 atom stereocenters. The normalized spacial score (nSPS) is 16.8. The number of aromatic nitrogens is 6. The van der Waals surface area contributed by atoms with Gasteiger partial charge in [-0.1, -0.05) is 0 Å². The molecule has 29 heavy (non-hydrogen) atoms. The number of fused-ring (bicyclic) bond motifs is 1. The van der Waals surface area contributed by atoms with Crippen LogP contribution in [0.2, 0.25) is 0 Å². The molecule has 0 spiro atoms. The van der Waals surface area contributed by atoms with Gasteiger partial charge in [0.2, 0.25) is 0 Å². The quantitative estimate of drug-likeness (QED) is 0.522. The zero-order valence-electron chi connectivity index (χ0n) is 16.3. The first-order valence-corrected chi connectivity index (χ1v) is 10.3. The van der Waals surface area contributed by atoms with Crippen LogP contribution in [0, 0.1) is 12.8 Å². The SMILES string of the molecule is Cc1cc(Nc2cc(N3CC[C@@H](CO)C3)nc3c(-c4cnn(C)c4)cnn23)sn1. The van der Waals surface area contributed by atoms with Crippen molar-refractivity contribution in [3.8, 4) is 11.1 Å². The molecule has 1 aliphatic rings. The second kappa shape index (κ2) is 7.12. The maximum absolute atomic E-state index is 9.53. The molecule has 1 fully saturated rings. The second-order valence-electron chi connectivity index (χ2n) is 7.44. The van der Waals surface area contributed by atoms with Crippen molar-refractivity contribution in [2.45, 2.75) is 13.3 Å². The molecular formula is C19H22N8OS. The molecule has 5 heterocycles. The van der Waals surface area contributed by atoms with Crippen molar-refractivity contribution < 1.29 is 5.11 Å². The summed E-state index contributed by atoms with van der Waals surface area (Å²) in [6.07, 6.45) is 6.58. The summed E-state index contributed by atoms with van der Waals surface area (Å²) in [5.41, 5.74) is 3.65. The van der Waals surface area contributed by atoms with E-state index >= 15 is 0 Å². The van der Waals surface area contributed by atoms with Crippen LogP contribution >= 0.6 is 11.5 Å². The summed E-state index contributed by atoms with van der Waals surface area (Å²) in [5.74, 6) is 2.00. The van der Waals surface area contributed by atoms with Crippen LogP contribution in [0.4, 0.5) is 16.6 Å². The predicted octanol–water partition coefficient (Wildman–Crippen LogP) is 2.46. The molecule has 0 aliphatic carbocycles. The zero-order valence-corrected chi connectivity index (χ0v) is 17.1. The number of aliphatic hydroxyl groups excluding tert-OH is 1. The van der Waals surface area contributed by atoms with Crippen LogP contribution in [0.1, 0.15) is 12.1 Å². The molecule has 5 rings (SSSR count). The summed E-state index contributed by atoms with van der Waals surface area (Å²) in [4.78, 5) is 7.16. The monoisotopic (exact) mass is 410 g/mol. The van der Waals surface area contributed by atoms with Crippen LogP contribution in [-0.4, -0.2) is 53.6 Å². The molecule has 0 aromatic carbocycles. The van der Waals surface area contributed by atoms with Crippen molar-refractivity contribution in [3.63, 3.8) is 0 Å². The first-order valence-electron chi connectivity index (χ1n) is 9.54. The van der Waals surface area contributed by atoms with Gasteiger partial charge in [-0.25, -0.2) is 4.98 Å². The van der Waals surface area contributed by atoms with Crippen LogP contribution in [-0.2, 0) is 7.05 Å². The molecule has 0 saturated carbocycles. The van der Waals surface area contributed by atoms with Crippen LogP contribution in [0.15, 0.2) is 30.7 Å². The molecule has 9 nitrogen and oxygen atoms in total. The zero-order chi connectivity index (χ0) is 20.0. The molecule has 10 heteroatoms. The fourth-order valence-electron chi connectivity index (χ4n) is 3.70. The lowest BCUT2D eigenvalue weighted by molar-refractivity contribution is 0.238. The van der Waals surface area contributed by atoms with E-state index in [-0.39, 0.29) is 12.5 Å². The summed E-state index contributed by atoms with van der Waals surface area (Å²) in [7, 11) is 1.90. The highest BCUT2D eigenvalue weighted by Crippen LogP contribution is 2.31. The fourth-order valence-corrected chi connectivity index (χ4v) is 4.37. The van der Waals surface area contributed by atoms with Crippen LogP contribution in [0.3, 0.4) is 0 Å². The summed E-state index contributed by atoms with van der Waals surface area (Å²) in [6, 6.07) is 4.03. The van der Waals surface area contributed by atoms with E-state index in [0.29, 0.717) is 0 Å². The Morgan fingerprint density at radius 3 is 2.86 bits per heavy atom.